The number of piperidine rings is 1. The monoisotopic (exact) mass is 228 g/mol. The third-order valence-electron chi connectivity index (χ3n) is 3.19. The molecule has 0 saturated carbocycles. The van der Waals surface area contributed by atoms with Crippen LogP contribution in [-0.2, 0) is 9.53 Å². The maximum absolute atomic E-state index is 11.9. The first-order valence-corrected chi connectivity index (χ1v) is 6.17. The fraction of sp³-hybridized carbons (Fsp3) is 0.917. The Bertz CT molecular complexity index is 203. The summed E-state index contributed by atoms with van der Waals surface area (Å²) in [6.45, 7) is 3.65. The Morgan fingerprint density at radius 2 is 2.12 bits per heavy atom. The normalized spacial score (nSPS) is 17.4. The molecule has 1 heterocycles. The number of amides is 1. The number of rotatable bonds is 6. The molecule has 1 fully saturated rings. The molecule has 1 aliphatic rings. The molecule has 0 aliphatic carbocycles. The lowest BCUT2D eigenvalue weighted by molar-refractivity contribution is -0.131. The Morgan fingerprint density at radius 3 is 2.75 bits per heavy atom. The average Bonchev–Trinajstić information content (AvgIpc) is 2.30. The molecule has 4 nitrogen and oxygen atoms in total. The van der Waals surface area contributed by atoms with E-state index in [-0.39, 0.29) is 5.91 Å². The number of methoxy groups -OCH3 is 1. The van der Waals surface area contributed by atoms with Gasteiger partial charge in [0.25, 0.3) is 0 Å². The van der Waals surface area contributed by atoms with Gasteiger partial charge in [0.1, 0.15) is 0 Å². The van der Waals surface area contributed by atoms with Crippen molar-refractivity contribution in [1.82, 2.24) is 10.2 Å². The van der Waals surface area contributed by atoms with Gasteiger partial charge in [-0.1, -0.05) is 0 Å². The topological polar surface area (TPSA) is 41.6 Å². The average molecular weight is 228 g/mol. The van der Waals surface area contributed by atoms with Gasteiger partial charge >= 0.3 is 0 Å². The number of nitrogens with zero attached hydrogens (tertiary/aromatic N) is 1. The van der Waals surface area contributed by atoms with Crippen LogP contribution in [0.5, 0.6) is 0 Å². The summed E-state index contributed by atoms with van der Waals surface area (Å²) in [6, 6.07) is 0. The van der Waals surface area contributed by atoms with E-state index >= 15 is 0 Å². The molecule has 16 heavy (non-hydrogen) atoms. The summed E-state index contributed by atoms with van der Waals surface area (Å²) in [5.74, 6) is 0.863. The molecule has 0 aromatic carbocycles. The van der Waals surface area contributed by atoms with Crippen LogP contribution in [0.15, 0.2) is 0 Å². The van der Waals surface area contributed by atoms with Gasteiger partial charge in [-0.3, -0.25) is 4.79 Å². The van der Waals surface area contributed by atoms with E-state index in [2.05, 4.69) is 5.32 Å². The molecule has 1 amide bonds. The zero-order valence-electron chi connectivity index (χ0n) is 10.5. The highest BCUT2D eigenvalue weighted by molar-refractivity contribution is 5.76. The van der Waals surface area contributed by atoms with Gasteiger partial charge in [-0.05, 0) is 38.3 Å². The Balaban J connectivity index is 2.16. The van der Waals surface area contributed by atoms with E-state index in [1.807, 2.05) is 11.9 Å². The Labute approximate surface area is 98.3 Å². The minimum atomic E-state index is 0.281. The second-order valence-electron chi connectivity index (χ2n) is 4.56. The summed E-state index contributed by atoms with van der Waals surface area (Å²) in [5, 5.41) is 3.32. The van der Waals surface area contributed by atoms with Gasteiger partial charge in [0.05, 0.1) is 0 Å². The summed E-state index contributed by atoms with van der Waals surface area (Å²) in [6.07, 6.45) is 3.91. The zero-order valence-corrected chi connectivity index (χ0v) is 10.5. The van der Waals surface area contributed by atoms with Crippen molar-refractivity contribution in [3.8, 4) is 0 Å². The summed E-state index contributed by atoms with van der Waals surface area (Å²) in [5.41, 5.74) is 0. The summed E-state index contributed by atoms with van der Waals surface area (Å²) in [7, 11) is 3.58. The molecule has 0 aromatic rings. The molecule has 0 atom stereocenters. The number of ether oxygens (including phenoxy) is 1. The molecule has 1 aliphatic heterocycles. The number of hydrogen-bond acceptors (Lipinski definition) is 3. The van der Waals surface area contributed by atoms with Gasteiger partial charge < -0.3 is 15.0 Å². The van der Waals surface area contributed by atoms with Crippen molar-refractivity contribution in [3.05, 3.63) is 0 Å². The molecule has 4 heteroatoms. The molecule has 1 N–H and O–H groups in total. The lowest BCUT2D eigenvalue weighted by Crippen LogP contribution is -2.34. The molecular formula is C12H24N2O2. The largest absolute Gasteiger partial charge is 0.385 e. The van der Waals surface area contributed by atoms with Crippen molar-refractivity contribution in [1.29, 1.82) is 0 Å². The maximum Gasteiger partial charge on any atom is 0.222 e. The fourth-order valence-electron chi connectivity index (χ4n) is 2.06. The molecule has 0 aromatic heterocycles. The van der Waals surface area contributed by atoms with Gasteiger partial charge in [-0.15, -0.1) is 0 Å². The molecular weight excluding hydrogens is 204 g/mol. The van der Waals surface area contributed by atoms with Crippen LogP contribution in [0.1, 0.15) is 25.7 Å². The van der Waals surface area contributed by atoms with Crippen molar-refractivity contribution >= 4 is 5.91 Å². The number of nitrogens with one attached hydrogen (secondary N) is 1. The highest BCUT2D eigenvalue weighted by Gasteiger charge is 2.18. The van der Waals surface area contributed by atoms with E-state index in [0.29, 0.717) is 12.3 Å². The minimum Gasteiger partial charge on any atom is -0.385 e. The lowest BCUT2D eigenvalue weighted by atomic mass is 9.94. The van der Waals surface area contributed by atoms with E-state index in [0.717, 1.165) is 45.5 Å². The second kappa shape index (κ2) is 7.63. The molecule has 1 rings (SSSR count). The first-order chi connectivity index (χ1) is 7.74. The number of carbonyl (C=O) groups excluding carboxylic acids is 1. The van der Waals surface area contributed by atoms with Crippen molar-refractivity contribution in [2.75, 3.05) is 40.4 Å². The van der Waals surface area contributed by atoms with E-state index in [9.17, 15) is 4.79 Å². The molecule has 94 valence electrons. The predicted octanol–water partition coefficient (Wildman–Crippen LogP) is 0.871. The van der Waals surface area contributed by atoms with E-state index in [4.69, 9.17) is 4.74 Å². The third-order valence-corrected chi connectivity index (χ3v) is 3.19. The third kappa shape index (κ3) is 4.94. The molecule has 0 spiro atoms. The zero-order chi connectivity index (χ0) is 11.8. The maximum atomic E-state index is 11.9. The van der Waals surface area contributed by atoms with Crippen LogP contribution in [-0.4, -0.2) is 51.2 Å². The van der Waals surface area contributed by atoms with E-state index in [1.54, 1.807) is 7.11 Å². The fourth-order valence-corrected chi connectivity index (χ4v) is 2.06. The summed E-state index contributed by atoms with van der Waals surface area (Å²) < 4.78 is 4.98. The van der Waals surface area contributed by atoms with E-state index < -0.39 is 0 Å². The SMILES string of the molecule is COCCCN(C)C(=O)CC1CCNCC1. The predicted molar refractivity (Wildman–Crippen MR) is 64.3 cm³/mol. The quantitative estimate of drug-likeness (QED) is 0.686. The van der Waals surface area contributed by atoms with Gasteiger partial charge in [0.15, 0.2) is 0 Å². The Hall–Kier alpha value is -0.610. The Morgan fingerprint density at radius 1 is 1.44 bits per heavy atom. The summed E-state index contributed by atoms with van der Waals surface area (Å²) >= 11 is 0. The van der Waals surface area contributed by atoms with Crippen LogP contribution in [0.4, 0.5) is 0 Å². The van der Waals surface area contributed by atoms with Gasteiger partial charge in [-0.2, -0.15) is 0 Å². The van der Waals surface area contributed by atoms with Crippen molar-refractivity contribution in [2.45, 2.75) is 25.7 Å². The van der Waals surface area contributed by atoms with Crippen LogP contribution in [0.3, 0.4) is 0 Å². The van der Waals surface area contributed by atoms with Crippen molar-refractivity contribution < 1.29 is 9.53 Å². The highest BCUT2D eigenvalue weighted by Crippen LogP contribution is 2.16. The first kappa shape index (κ1) is 13.5. The van der Waals surface area contributed by atoms with Crippen molar-refractivity contribution in [3.63, 3.8) is 0 Å². The van der Waals surface area contributed by atoms with Crippen LogP contribution in [0, 0.1) is 5.92 Å². The molecule has 0 bridgehead atoms. The molecule has 0 radical (unpaired) electrons. The van der Waals surface area contributed by atoms with Crippen LogP contribution in [0.2, 0.25) is 0 Å². The second-order valence-corrected chi connectivity index (χ2v) is 4.56. The number of carbonyl (C=O) groups is 1. The number of hydrogen-bond donors (Lipinski definition) is 1. The smallest absolute Gasteiger partial charge is 0.222 e. The van der Waals surface area contributed by atoms with Crippen LogP contribution >= 0.6 is 0 Å². The minimum absolute atomic E-state index is 0.281. The first-order valence-electron chi connectivity index (χ1n) is 6.17. The van der Waals surface area contributed by atoms with Crippen LogP contribution < -0.4 is 5.32 Å². The van der Waals surface area contributed by atoms with Gasteiger partial charge in [0, 0.05) is 33.7 Å². The van der Waals surface area contributed by atoms with Gasteiger partial charge in [-0.25, -0.2) is 0 Å². The Kier molecular flexibility index (Phi) is 6.42. The standard InChI is InChI=1S/C12H24N2O2/c1-14(8-3-9-16-2)12(15)10-11-4-6-13-7-5-11/h11,13H,3-10H2,1-2H3. The highest BCUT2D eigenvalue weighted by atomic mass is 16.5. The molecule has 0 unspecified atom stereocenters. The molecule has 1 saturated heterocycles. The van der Waals surface area contributed by atoms with Crippen molar-refractivity contribution in [2.24, 2.45) is 5.92 Å². The van der Waals surface area contributed by atoms with Gasteiger partial charge in [0.2, 0.25) is 5.91 Å². The lowest BCUT2D eigenvalue weighted by Gasteiger charge is -2.24. The summed E-state index contributed by atoms with van der Waals surface area (Å²) in [4.78, 5) is 13.7. The van der Waals surface area contributed by atoms with Crippen LogP contribution in [0.25, 0.3) is 0 Å². The van der Waals surface area contributed by atoms with E-state index in [1.165, 1.54) is 0 Å².